The highest BCUT2D eigenvalue weighted by atomic mass is 19.3. The number of H-pyrrole nitrogens is 1. The third-order valence-electron chi connectivity index (χ3n) is 2.07. The van der Waals surface area contributed by atoms with Gasteiger partial charge in [-0.2, -0.15) is 0 Å². The van der Waals surface area contributed by atoms with E-state index in [1.54, 1.807) is 6.92 Å². The highest BCUT2D eigenvalue weighted by Crippen LogP contribution is 2.23. The van der Waals surface area contributed by atoms with Gasteiger partial charge in [-0.05, 0) is 6.92 Å². The van der Waals surface area contributed by atoms with Gasteiger partial charge in [0.1, 0.15) is 0 Å². The monoisotopic (exact) mass is 246 g/mol. The molecular weight excluding hydrogens is 234 g/mol. The van der Waals surface area contributed by atoms with Crippen LogP contribution in [-0.4, -0.2) is 17.6 Å². The molecule has 17 heavy (non-hydrogen) atoms. The van der Waals surface area contributed by atoms with Crippen LogP contribution in [-0.2, 0) is 11.3 Å². The first-order valence-corrected chi connectivity index (χ1v) is 4.92. The van der Waals surface area contributed by atoms with Gasteiger partial charge in [0.2, 0.25) is 5.56 Å². The zero-order valence-corrected chi connectivity index (χ0v) is 9.13. The quantitative estimate of drug-likeness (QED) is 0.774. The first-order chi connectivity index (χ1) is 8.01. The van der Waals surface area contributed by atoms with Gasteiger partial charge in [0, 0.05) is 23.9 Å². The Labute approximate surface area is 95.6 Å². The van der Waals surface area contributed by atoms with Crippen molar-refractivity contribution in [3.8, 4) is 0 Å². The van der Waals surface area contributed by atoms with E-state index in [9.17, 15) is 18.4 Å². The van der Waals surface area contributed by atoms with Crippen molar-refractivity contribution in [2.75, 3.05) is 6.61 Å². The number of hydrogen-bond donors (Lipinski definition) is 2. The Hall–Kier alpha value is -1.76. The van der Waals surface area contributed by atoms with Gasteiger partial charge in [-0.15, -0.1) is 0 Å². The summed E-state index contributed by atoms with van der Waals surface area (Å²) in [5, 5.41) is 0. The van der Waals surface area contributed by atoms with Gasteiger partial charge >= 0.3 is 5.97 Å². The van der Waals surface area contributed by atoms with Crippen molar-refractivity contribution in [2.24, 2.45) is 5.73 Å². The van der Waals surface area contributed by atoms with E-state index in [2.05, 4.69) is 9.72 Å². The van der Waals surface area contributed by atoms with Crippen LogP contribution in [0.25, 0.3) is 0 Å². The second-order valence-electron chi connectivity index (χ2n) is 3.17. The molecule has 1 aromatic rings. The smallest absolute Gasteiger partial charge is 0.340 e. The van der Waals surface area contributed by atoms with E-state index >= 15 is 0 Å². The molecule has 0 aliphatic heterocycles. The first-order valence-electron chi connectivity index (χ1n) is 4.92. The van der Waals surface area contributed by atoms with Gasteiger partial charge in [0.25, 0.3) is 6.43 Å². The van der Waals surface area contributed by atoms with E-state index < -0.39 is 23.5 Å². The number of nitrogens with two attached hydrogens (primary N) is 1. The van der Waals surface area contributed by atoms with E-state index in [1.807, 2.05) is 0 Å². The van der Waals surface area contributed by atoms with Crippen LogP contribution in [0.5, 0.6) is 0 Å². The fourth-order valence-electron chi connectivity index (χ4n) is 1.40. The number of nitrogens with one attached hydrogen (secondary N) is 1. The molecule has 0 saturated heterocycles. The fourth-order valence-corrected chi connectivity index (χ4v) is 1.40. The lowest BCUT2D eigenvalue weighted by Crippen LogP contribution is -2.21. The molecule has 0 saturated carbocycles. The normalized spacial score (nSPS) is 10.6. The van der Waals surface area contributed by atoms with Crippen molar-refractivity contribution < 1.29 is 18.3 Å². The second-order valence-corrected chi connectivity index (χ2v) is 3.17. The lowest BCUT2D eigenvalue weighted by Gasteiger charge is -2.11. The molecule has 0 atom stereocenters. The maximum Gasteiger partial charge on any atom is 0.340 e. The van der Waals surface area contributed by atoms with Gasteiger partial charge in [0.15, 0.2) is 0 Å². The van der Waals surface area contributed by atoms with Crippen LogP contribution in [0.15, 0.2) is 10.9 Å². The minimum Gasteiger partial charge on any atom is -0.462 e. The molecule has 0 amide bonds. The first kappa shape index (κ1) is 13.3. The predicted molar refractivity (Wildman–Crippen MR) is 55.9 cm³/mol. The number of hydrogen-bond acceptors (Lipinski definition) is 4. The number of rotatable bonds is 4. The van der Waals surface area contributed by atoms with Crippen molar-refractivity contribution >= 4 is 5.97 Å². The van der Waals surface area contributed by atoms with E-state index in [4.69, 9.17) is 5.73 Å². The third-order valence-corrected chi connectivity index (χ3v) is 2.07. The zero-order chi connectivity index (χ0) is 13.0. The molecule has 1 heterocycles. The molecule has 0 fully saturated rings. The molecule has 7 heteroatoms. The molecule has 0 aromatic carbocycles. The molecule has 0 aliphatic carbocycles. The Morgan fingerprint density at radius 2 is 2.24 bits per heavy atom. The summed E-state index contributed by atoms with van der Waals surface area (Å²) in [6.45, 7) is 1.36. The van der Waals surface area contributed by atoms with E-state index in [-0.39, 0.29) is 24.4 Å². The van der Waals surface area contributed by atoms with Gasteiger partial charge in [-0.3, -0.25) is 4.79 Å². The molecule has 3 N–H and O–H groups in total. The molecular formula is C10H12F2N2O3. The van der Waals surface area contributed by atoms with Gasteiger partial charge < -0.3 is 15.5 Å². The van der Waals surface area contributed by atoms with Gasteiger partial charge in [-0.1, -0.05) is 0 Å². The summed E-state index contributed by atoms with van der Waals surface area (Å²) >= 11 is 0. The number of alkyl halides is 2. The minimum absolute atomic E-state index is 0.0463. The molecule has 1 aromatic heterocycles. The Morgan fingerprint density at radius 1 is 1.59 bits per heavy atom. The number of carbonyl (C=O) groups is 1. The highest BCUT2D eigenvalue weighted by molar-refractivity contribution is 5.92. The molecule has 0 bridgehead atoms. The van der Waals surface area contributed by atoms with Crippen LogP contribution >= 0.6 is 0 Å². The van der Waals surface area contributed by atoms with Crippen molar-refractivity contribution in [1.29, 1.82) is 0 Å². The van der Waals surface area contributed by atoms with Gasteiger partial charge in [-0.25, -0.2) is 13.6 Å². The molecule has 94 valence electrons. The van der Waals surface area contributed by atoms with Crippen LogP contribution in [0.4, 0.5) is 8.78 Å². The lowest BCUT2D eigenvalue weighted by molar-refractivity contribution is 0.0513. The average Bonchev–Trinajstić information content (AvgIpc) is 2.27. The summed E-state index contributed by atoms with van der Waals surface area (Å²) in [6, 6.07) is 0.677. The van der Waals surface area contributed by atoms with Crippen molar-refractivity contribution in [3.63, 3.8) is 0 Å². The van der Waals surface area contributed by atoms with E-state index in [0.717, 1.165) is 0 Å². The standard InChI is InChI=1S/C10H12F2N2O3/c1-2-17-10(16)8-5(9(11)12)3-7(15)14-6(8)4-13/h3,9H,2,4,13H2,1H3,(H,14,15). The Morgan fingerprint density at radius 3 is 2.71 bits per heavy atom. The molecule has 1 rings (SSSR count). The SMILES string of the molecule is CCOC(=O)c1c(C(F)F)cc(=O)[nH]c1CN. The summed E-state index contributed by atoms with van der Waals surface area (Å²) in [5.74, 6) is -0.917. The summed E-state index contributed by atoms with van der Waals surface area (Å²) in [6.07, 6.45) is -2.94. The maximum atomic E-state index is 12.7. The van der Waals surface area contributed by atoms with Crippen LogP contribution in [0.2, 0.25) is 0 Å². The van der Waals surface area contributed by atoms with Crippen molar-refractivity contribution in [3.05, 3.63) is 33.2 Å². The topological polar surface area (TPSA) is 85.2 Å². The largest absolute Gasteiger partial charge is 0.462 e. The van der Waals surface area contributed by atoms with Crippen molar-refractivity contribution in [2.45, 2.75) is 19.9 Å². The maximum absolute atomic E-state index is 12.7. The van der Waals surface area contributed by atoms with Crippen molar-refractivity contribution in [1.82, 2.24) is 4.98 Å². The number of pyridine rings is 1. The summed E-state index contributed by atoms with van der Waals surface area (Å²) in [4.78, 5) is 24.9. The summed E-state index contributed by atoms with van der Waals surface area (Å²) in [5.41, 5.74) is 3.50. The fraction of sp³-hybridized carbons (Fsp3) is 0.400. The van der Waals surface area contributed by atoms with Crippen LogP contribution in [0.3, 0.4) is 0 Å². The molecule has 0 spiro atoms. The Balaban J connectivity index is 3.41. The second kappa shape index (κ2) is 5.53. The van der Waals surface area contributed by atoms with Gasteiger partial charge in [0.05, 0.1) is 12.2 Å². The lowest BCUT2D eigenvalue weighted by atomic mass is 10.1. The zero-order valence-electron chi connectivity index (χ0n) is 9.13. The van der Waals surface area contributed by atoms with E-state index in [1.165, 1.54) is 0 Å². The number of carbonyl (C=O) groups excluding carboxylic acids is 1. The number of ether oxygens (including phenoxy) is 1. The number of esters is 1. The number of aromatic amines is 1. The minimum atomic E-state index is -2.94. The average molecular weight is 246 g/mol. The Bertz CT molecular complexity index is 471. The third kappa shape index (κ3) is 2.88. The van der Waals surface area contributed by atoms with E-state index in [0.29, 0.717) is 6.07 Å². The summed E-state index contributed by atoms with van der Waals surface area (Å²) < 4.78 is 30.1. The predicted octanol–water partition coefficient (Wildman–Crippen LogP) is 0.948. The van der Waals surface area contributed by atoms with Crippen LogP contribution in [0.1, 0.15) is 35.0 Å². The highest BCUT2D eigenvalue weighted by Gasteiger charge is 2.23. The Kier molecular flexibility index (Phi) is 4.33. The number of aromatic nitrogens is 1. The van der Waals surface area contributed by atoms with Crippen LogP contribution in [0, 0.1) is 0 Å². The summed E-state index contributed by atoms with van der Waals surface area (Å²) in [7, 11) is 0. The molecule has 0 aliphatic rings. The molecule has 0 radical (unpaired) electrons. The number of halogens is 2. The molecule has 5 nitrogen and oxygen atoms in total. The molecule has 0 unspecified atom stereocenters. The van der Waals surface area contributed by atoms with Crippen LogP contribution < -0.4 is 11.3 Å².